The van der Waals surface area contributed by atoms with Gasteiger partial charge in [-0.3, -0.25) is 0 Å². The summed E-state index contributed by atoms with van der Waals surface area (Å²) in [6.45, 7) is 20.0. The minimum Gasteiger partial charge on any atom is -0.302 e. The van der Waals surface area contributed by atoms with Crippen molar-refractivity contribution in [1.29, 1.82) is 0 Å². The van der Waals surface area contributed by atoms with Crippen LogP contribution in [0.4, 0.5) is 0 Å². The lowest BCUT2D eigenvalue weighted by Gasteiger charge is -2.36. The summed E-state index contributed by atoms with van der Waals surface area (Å²) in [6.07, 6.45) is 8.05. The zero-order valence-electron chi connectivity index (χ0n) is 16.5. The van der Waals surface area contributed by atoms with Gasteiger partial charge in [0.1, 0.15) is 0 Å². The fraction of sp³-hybridized carbons (Fsp3) is 1.00. The van der Waals surface area contributed by atoms with Crippen molar-refractivity contribution in [2.75, 3.05) is 78.5 Å². The third kappa shape index (κ3) is 7.81. The minimum absolute atomic E-state index is 1.27. The van der Waals surface area contributed by atoms with Gasteiger partial charge in [-0.15, -0.1) is 0 Å². The van der Waals surface area contributed by atoms with Gasteiger partial charge in [-0.2, -0.15) is 0 Å². The van der Waals surface area contributed by atoms with Gasteiger partial charge in [-0.05, 0) is 65.0 Å². The van der Waals surface area contributed by atoms with Gasteiger partial charge < -0.3 is 19.6 Å². The van der Waals surface area contributed by atoms with Gasteiger partial charge in [-0.25, -0.2) is 0 Å². The van der Waals surface area contributed by atoms with Crippen molar-refractivity contribution in [3.05, 3.63) is 0 Å². The predicted octanol–water partition coefficient (Wildman–Crippen LogP) is 2.60. The molecule has 2 heterocycles. The lowest BCUT2D eigenvalue weighted by atomic mass is 10.2. The van der Waals surface area contributed by atoms with E-state index in [4.69, 9.17) is 0 Å². The summed E-state index contributed by atoms with van der Waals surface area (Å²) in [5.74, 6) is 0. The summed E-state index contributed by atoms with van der Waals surface area (Å²) in [6, 6.07) is 0. The molecule has 0 amide bonds. The van der Waals surface area contributed by atoms with E-state index in [2.05, 4.69) is 33.4 Å². The summed E-state index contributed by atoms with van der Waals surface area (Å²) in [7, 11) is 0. The second-order valence-electron chi connectivity index (χ2n) is 7.78. The molecule has 0 aliphatic carbocycles. The largest absolute Gasteiger partial charge is 0.302 e. The molecule has 0 saturated carbocycles. The van der Waals surface area contributed by atoms with Gasteiger partial charge in [0.2, 0.25) is 0 Å². The van der Waals surface area contributed by atoms with Crippen LogP contribution in [0.1, 0.15) is 52.4 Å². The van der Waals surface area contributed by atoms with Crippen LogP contribution in [0, 0.1) is 0 Å². The molecule has 0 aromatic rings. The van der Waals surface area contributed by atoms with E-state index in [1.807, 2.05) is 0 Å². The Morgan fingerprint density at radius 2 is 0.917 bits per heavy atom. The summed E-state index contributed by atoms with van der Waals surface area (Å²) < 4.78 is 0. The predicted molar refractivity (Wildman–Crippen MR) is 105 cm³/mol. The summed E-state index contributed by atoms with van der Waals surface area (Å²) in [4.78, 5) is 10.9. The Kier molecular flexibility index (Phi) is 10.3. The van der Waals surface area contributed by atoms with Gasteiger partial charge in [0.05, 0.1) is 0 Å². The van der Waals surface area contributed by atoms with Crippen LogP contribution < -0.4 is 0 Å². The number of fused-ring (bicyclic) bond motifs is 3. The average Bonchev–Trinajstić information content (AvgIpc) is 2.61. The Bertz CT molecular complexity index is 280. The van der Waals surface area contributed by atoms with E-state index in [1.165, 1.54) is 117 Å². The van der Waals surface area contributed by atoms with Crippen LogP contribution in [0.2, 0.25) is 0 Å². The molecule has 0 aromatic carbocycles. The lowest BCUT2D eigenvalue weighted by Crippen LogP contribution is -2.47. The SMILES string of the molecule is CCCCN1CCCN2CCN(CCCC)CCCN(CC1)CC2. The second kappa shape index (κ2) is 12.2. The zero-order chi connectivity index (χ0) is 17.0. The molecule has 4 nitrogen and oxygen atoms in total. The highest BCUT2D eigenvalue weighted by Crippen LogP contribution is 2.07. The Hall–Kier alpha value is -0.160. The van der Waals surface area contributed by atoms with E-state index >= 15 is 0 Å². The van der Waals surface area contributed by atoms with E-state index in [0.29, 0.717) is 0 Å². The topological polar surface area (TPSA) is 13.0 Å². The molecule has 2 unspecified atom stereocenters. The quantitative estimate of drug-likeness (QED) is 0.738. The number of hydrogen-bond donors (Lipinski definition) is 0. The number of nitrogens with zero attached hydrogens (tertiary/aromatic N) is 4. The van der Waals surface area contributed by atoms with E-state index in [9.17, 15) is 0 Å². The first-order valence-electron chi connectivity index (χ1n) is 10.7. The van der Waals surface area contributed by atoms with Gasteiger partial charge in [0, 0.05) is 39.3 Å². The highest BCUT2D eigenvalue weighted by atomic mass is 15.3. The molecule has 4 heteroatoms. The third-order valence-corrected chi connectivity index (χ3v) is 5.75. The molecule has 2 aliphatic heterocycles. The second-order valence-corrected chi connectivity index (χ2v) is 7.78. The standard InChI is InChI=1S/C20H42N4/c1-3-5-9-21-11-7-13-24-18-16-22(10-6-4-2)12-8-14-23(17-15-21)19-20-24/h3-20H2,1-2H3. The fourth-order valence-electron chi connectivity index (χ4n) is 3.99. The number of rotatable bonds is 6. The summed E-state index contributed by atoms with van der Waals surface area (Å²) in [5.41, 5.74) is 0. The van der Waals surface area contributed by atoms with E-state index < -0.39 is 0 Å². The molecule has 0 aromatic heterocycles. The molecule has 0 N–H and O–H groups in total. The van der Waals surface area contributed by atoms with E-state index in [0.717, 1.165) is 0 Å². The molecule has 2 fully saturated rings. The first kappa shape index (κ1) is 20.2. The molecule has 0 radical (unpaired) electrons. The molecule has 142 valence electrons. The Morgan fingerprint density at radius 3 is 1.33 bits per heavy atom. The maximum Gasteiger partial charge on any atom is 0.0110 e. The molecule has 2 atom stereocenters. The van der Waals surface area contributed by atoms with Crippen LogP contribution in [0.25, 0.3) is 0 Å². The third-order valence-electron chi connectivity index (χ3n) is 5.75. The molecule has 2 rings (SSSR count). The molecule has 0 spiro atoms. The maximum atomic E-state index is 2.74. The van der Waals surface area contributed by atoms with Crippen LogP contribution in [0.5, 0.6) is 0 Å². The van der Waals surface area contributed by atoms with Crippen molar-refractivity contribution >= 4 is 0 Å². The van der Waals surface area contributed by atoms with Gasteiger partial charge in [-0.1, -0.05) is 26.7 Å². The van der Waals surface area contributed by atoms with E-state index in [-0.39, 0.29) is 0 Å². The highest BCUT2D eigenvalue weighted by molar-refractivity contribution is 4.74. The molecule has 2 aliphatic rings. The highest BCUT2D eigenvalue weighted by Gasteiger charge is 2.17. The van der Waals surface area contributed by atoms with E-state index in [1.54, 1.807) is 0 Å². The molecular formula is C20H42N4. The van der Waals surface area contributed by atoms with Crippen molar-refractivity contribution in [2.45, 2.75) is 52.4 Å². The zero-order valence-corrected chi connectivity index (χ0v) is 16.5. The van der Waals surface area contributed by atoms with Crippen molar-refractivity contribution in [3.8, 4) is 0 Å². The monoisotopic (exact) mass is 338 g/mol. The number of hydrogen-bond acceptors (Lipinski definition) is 4. The van der Waals surface area contributed by atoms with Crippen molar-refractivity contribution in [2.24, 2.45) is 0 Å². The van der Waals surface area contributed by atoms with Gasteiger partial charge in [0.15, 0.2) is 0 Å². The van der Waals surface area contributed by atoms with Crippen molar-refractivity contribution < 1.29 is 0 Å². The van der Waals surface area contributed by atoms with Crippen LogP contribution in [0.3, 0.4) is 0 Å². The van der Waals surface area contributed by atoms with Gasteiger partial charge in [0.25, 0.3) is 0 Å². The van der Waals surface area contributed by atoms with Crippen molar-refractivity contribution in [3.63, 3.8) is 0 Å². The van der Waals surface area contributed by atoms with Crippen LogP contribution in [0.15, 0.2) is 0 Å². The van der Waals surface area contributed by atoms with Crippen LogP contribution in [-0.4, -0.2) is 98.1 Å². The fourth-order valence-corrected chi connectivity index (χ4v) is 3.99. The van der Waals surface area contributed by atoms with Crippen LogP contribution in [-0.2, 0) is 0 Å². The summed E-state index contributed by atoms with van der Waals surface area (Å²) >= 11 is 0. The first-order chi connectivity index (χ1) is 11.8. The number of unbranched alkanes of at least 4 members (excludes halogenated alkanes) is 2. The Morgan fingerprint density at radius 1 is 0.500 bits per heavy atom. The van der Waals surface area contributed by atoms with Crippen LogP contribution >= 0.6 is 0 Å². The molecule has 24 heavy (non-hydrogen) atoms. The Balaban J connectivity index is 1.89. The molecular weight excluding hydrogens is 296 g/mol. The molecule has 2 saturated heterocycles. The Labute approximate surface area is 151 Å². The first-order valence-corrected chi connectivity index (χ1v) is 10.7. The normalized spacial score (nSPS) is 28.8. The smallest absolute Gasteiger partial charge is 0.0110 e. The average molecular weight is 339 g/mol. The van der Waals surface area contributed by atoms with Crippen molar-refractivity contribution in [1.82, 2.24) is 19.6 Å². The van der Waals surface area contributed by atoms with Gasteiger partial charge >= 0.3 is 0 Å². The molecule has 2 bridgehead atoms. The summed E-state index contributed by atoms with van der Waals surface area (Å²) in [5, 5.41) is 0. The lowest BCUT2D eigenvalue weighted by molar-refractivity contribution is 0.119. The maximum absolute atomic E-state index is 2.74. The minimum atomic E-state index is 1.27.